The Labute approximate surface area is 177 Å². The molecule has 0 saturated heterocycles. The first kappa shape index (κ1) is 18.9. The highest BCUT2D eigenvalue weighted by molar-refractivity contribution is 14.1. The number of aryl methyl sites for hydroxylation is 3. The second kappa shape index (κ2) is 7.87. The molecule has 1 aliphatic carbocycles. The molecule has 0 radical (unpaired) electrons. The van der Waals surface area contributed by atoms with Crippen LogP contribution in [0.3, 0.4) is 0 Å². The molecule has 1 aromatic carbocycles. The zero-order valence-corrected chi connectivity index (χ0v) is 18.8. The zero-order chi connectivity index (χ0) is 19.0. The first-order valence-electron chi connectivity index (χ1n) is 9.38. The molecule has 0 aliphatic heterocycles. The normalized spacial score (nSPS) is 20.0. The largest absolute Gasteiger partial charge is 0.365 e. The van der Waals surface area contributed by atoms with Gasteiger partial charge in [-0.2, -0.15) is 0 Å². The van der Waals surface area contributed by atoms with E-state index < -0.39 is 0 Å². The summed E-state index contributed by atoms with van der Waals surface area (Å²) in [5.74, 6) is 1.66. The number of hydrogen-bond donors (Lipinski definition) is 2. The van der Waals surface area contributed by atoms with Crippen LogP contribution in [0, 0.1) is 20.8 Å². The second-order valence-corrected chi connectivity index (χ2v) is 10.0. The molecule has 2 N–H and O–H groups in total. The van der Waals surface area contributed by atoms with Gasteiger partial charge in [-0.05, 0) is 57.6 Å². The Hall–Kier alpha value is -1.48. The summed E-state index contributed by atoms with van der Waals surface area (Å²) in [6.07, 6.45) is 4.91. The number of para-hydroxylation sites is 1. The van der Waals surface area contributed by atoms with Gasteiger partial charge in [0.15, 0.2) is 15.8 Å². The van der Waals surface area contributed by atoms with Gasteiger partial charge in [0.05, 0.1) is 0 Å². The molecule has 3 aromatic rings. The molecule has 0 bridgehead atoms. The van der Waals surface area contributed by atoms with Crippen molar-refractivity contribution in [2.75, 3.05) is 10.6 Å². The van der Waals surface area contributed by atoms with Crippen molar-refractivity contribution in [3.63, 3.8) is 0 Å². The van der Waals surface area contributed by atoms with Crippen LogP contribution in [0.25, 0.3) is 10.3 Å². The van der Waals surface area contributed by atoms with Gasteiger partial charge in [0, 0.05) is 15.7 Å². The van der Waals surface area contributed by atoms with Gasteiger partial charge >= 0.3 is 0 Å². The molecule has 7 heteroatoms. The lowest BCUT2D eigenvalue weighted by atomic mass is 9.95. The van der Waals surface area contributed by atoms with Crippen molar-refractivity contribution in [1.29, 1.82) is 0 Å². The Balaban J connectivity index is 1.63. The van der Waals surface area contributed by atoms with E-state index >= 15 is 0 Å². The predicted molar refractivity (Wildman–Crippen MR) is 123 cm³/mol. The Morgan fingerprint density at radius 1 is 1.00 bits per heavy atom. The van der Waals surface area contributed by atoms with E-state index in [-0.39, 0.29) is 0 Å². The van der Waals surface area contributed by atoms with Gasteiger partial charge in [-0.15, -0.1) is 0 Å². The molecule has 27 heavy (non-hydrogen) atoms. The molecule has 4 rings (SSSR count). The molecule has 1 aliphatic rings. The third-order valence-electron chi connectivity index (χ3n) is 5.08. The van der Waals surface area contributed by atoms with Crippen LogP contribution in [0.5, 0.6) is 0 Å². The molecular weight excluding hydrogens is 469 g/mol. The fraction of sp³-hybridized carbons (Fsp3) is 0.450. The van der Waals surface area contributed by atoms with Gasteiger partial charge in [-0.3, -0.25) is 0 Å². The van der Waals surface area contributed by atoms with Gasteiger partial charge in [0.2, 0.25) is 0 Å². The van der Waals surface area contributed by atoms with Crippen molar-refractivity contribution in [1.82, 2.24) is 15.0 Å². The van der Waals surface area contributed by atoms with Gasteiger partial charge in [0.25, 0.3) is 0 Å². The van der Waals surface area contributed by atoms with Crippen LogP contribution in [0.15, 0.2) is 18.2 Å². The van der Waals surface area contributed by atoms with Crippen LogP contribution in [0.2, 0.25) is 0 Å². The zero-order valence-electron chi connectivity index (χ0n) is 15.8. The fourth-order valence-corrected chi connectivity index (χ4v) is 5.20. The highest BCUT2D eigenvalue weighted by Gasteiger charge is 2.21. The number of fused-ring (bicyclic) bond motifs is 1. The summed E-state index contributed by atoms with van der Waals surface area (Å²) in [6.45, 7) is 6.18. The maximum atomic E-state index is 4.83. The van der Waals surface area contributed by atoms with Crippen LogP contribution >= 0.6 is 33.9 Å². The van der Waals surface area contributed by atoms with Crippen molar-refractivity contribution >= 4 is 60.9 Å². The van der Waals surface area contributed by atoms with Crippen LogP contribution < -0.4 is 10.6 Å². The Bertz CT molecular complexity index is 942. The molecule has 0 atom stereocenters. The van der Waals surface area contributed by atoms with E-state index in [4.69, 9.17) is 4.98 Å². The minimum absolute atomic E-state index is 0.477. The van der Waals surface area contributed by atoms with E-state index in [2.05, 4.69) is 75.2 Å². The van der Waals surface area contributed by atoms with E-state index in [1.807, 2.05) is 6.92 Å². The third-order valence-corrected chi connectivity index (χ3v) is 7.19. The fourth-order valence-electron chi connectivity index (χ4n) is 3.59. The summed E-state index contributed by atoms with van der Waals surface area (Å²) in [6, 6.07) is 6.78. The van der Waals surface area contributed by atoms with Crippen LogP contribution in [0.4, 0.5) is 16.6 Å². The minimum Gasteiger partial charge on any atom is -0.365 e. The average Bonchev–Trinajstić information content (AvgIpc) is 3.03. The smallest absolute Gasteiger partial charge is 0.189 e. The lowest BCUT2D eigenvalue weighted by Gasteiger charge is -2.26. The summed E-state index contributed by atoms with van der Waals surface area (Å²) in [5, 5.41) is 8.01. The average molecular weight is 493 g/mol. The van der Waals surface area contributed by atoms with Crippen molar-refractivity contribution < 1.29 is 0 Å². The lowest BCUT2D eigenvalue weighted by molar-refractivity contribution is 0.481. The summed E-state index contributed by atoms with van der Waals surface area (Å²) in [5.41, 5.74) is 4.42. The maximum absolute atomic E-state index is 4.83. The number of halogens is 1. The van der Waals surface area contributed by atoms with Gasteiger partial charge in [-0.1, -0.05) is 52.1 Å². The third kappa shape index (κ3) is 4.18. The highest BCUT2D eigenvalue weighted by Crippen LogP contribution is 2.34. The van der Waals surface area contributed by atoms with Crippen molar-refractivity contribution in [3.8, 4) is 0 Å². The topological polar surface area (TPSA) is 62.7 Å². The van der Waals surface area contributed by atoms with Crippen molar-refractivity contribution in [3.05, 3.63) is 35.2 Å². The number of hydrogen-bond acceptors (Lipinski definition) is 6. The number of alkyl halides is 1. The maximum Gasteiger partial charge on any atom is 0.189 e. The molecule has 2 heterocycles. The van der Waals surface area contributed by atoms with Gasteiger partial charge in [-0.25, -0.2) is 15.0 Å². The lowest BCUT2D eigenvalue weighted by Crippen LogP contribution is -2.26. The van der Waals surface area contributed by atoms with E-state index in [0.29, 0.717) is 6.04 Å². The SMILES string of the molecule is Cc1nc(NC2CCC(I)CC2)c2nc(Nc3c(C)cccc3C)sc2n1. The number of rotatable bonds is 4. The number of benzene rings is 1. The Kier molecular flexibility index (Phi) is 5.50. The number of aromatic nitrogens is 3. The van der Waals surface area contributed by atoms with Gasteiger partial charge < -0.3 is 10.6 Å². The molecule has 2 aromatic heterocycles. The van der Waals surface area contributed by atoms with E-state index in [0.717, 1.165) is 36.7 Å². The summed E-state index contributed by atoms with van der Waals surface area (Å²) >= 11 is 4.15. The Morgan fingerprint density at radius 3 is 2.41 bits per heavy atom. The number of thiazole rings is 1. The monoisotopic (exact) mass is 493 g/mol. The van der Waals surface area contributed by atoms with Crippen molar-refractivity contribution in [2.24, 2.45) is 0 Å². The number of anilines is 3. The molecular formula is C20H24IN5S. The van der Waals surface area contributed by atoms with Crippen LogP contribution in [0.1, 0.15) is 42.6 Å². The Morgan fingerprint density at radius 2 is 1.70 bits per heavy atom. The number of nitrogens with one attached hydrogen (secondary N) is 2. The molecule has 0 amide bonds. The summed E-state index contributed by atoms with van der Waals surface area (Å²) in [4.78, 5) is 15.0. The summed E-state index contributed by atoms with van der Waals surface area (Å²) < 4.78 is 0.806. The molecule has 1 fully saturated rings. The van der Waals surface area contributed by atoms with Crippen LogP contribution in [-0.4, -0.2) is 24.9 Å². The first-order valence-corrected chi connectivity index (χ1v) is 11.4. The molecule has 1 saturated carbocycles. The first-order chi connectivity index (χ1) is 13.0. The quantitative estimate of drug-likeness (QED) is 0.349. The second-order valence-electron chi connectivity index (χ2n) is 7.28. The number of nitrogens with zero attached hydrogens (tertiary/aromatic N) is 3. The standard InChI is InChI=1S/C20H24IN5S/c1-11-5-4-6-12(2)16(11)25-20-26-17-18(22-13(3)23-19(17)27-20)24-15-9-7-14(21)8-10-15/h4-6,14-15H,7-10H2,1-3H3,(H,25,26)(H,22,23,24). The minimum atomic E-state index is 0.477. The summed E-state index contributed by atoms with van der Waals surface area (Å²) in [7, 11) is 0. The van der Waals surface area contributed by atoms with E-state index in [1.54, 1.807) is 11.3 Å². The molecule has 0 unspecified atom stereocenters. The predicted octanol–water partition coefficient (Wildman–Crippen LogP) is 5.91. The van der Waals surface area contributed by atoms with Crippen LogP contribution in [-0.2, 0) is 0 Å². The molecule has 142 valence electrons. The van der Waals surface area contributed by atoms with E-state index in [1.165, 1.54) is 36.8 Å². The molecule has 0 spiro atoms. The van der Waals surface area contributed by atoms with E-state index in [9.17, 15) is 0 Å². The van der Waals surface area contributed by atoms with Crippen molar-refractivity contribution in [2.45, 2.75) is 56.4 Å². The highest BCUT2D eigenvalue weighted by atomic mass is 127. The molecule has 5 nitrogen and oxygen atoms in total. The van der Waals surface area contributed by atoms with Gasteiger partial charge in [0.1, 0.15) is 11.3 Å².